The van der Waals surface area contributed by atoms with Gasteiger partial charge in [0, 0.05) is 5.41 Å². The summed E-state index contributed by atoms with van der Waals surface area (Å²) in [4.78, 5) is 41.5. The Bertz CT molecular complexity index is 1140. The Morgan fingerprint density at radius 3 is 2.56 bits per heavy atom. The van der Waals surface area contributed by atoms with Crippen LogP contribution in [0, 0.1) is 40.9 Å². The van der Waals surface area contributed by atoms with Gasteiger partial charge in [0.25, 0.3) is 5.91 Å². The number of rotatable bonds is 10. The van der Waals surface area contributed by atoms with Crippen LogP contribution in [0.25, 0.3) is 0 Å². The summed E-state index contributed by atoms with van der Waals surface area (Å²) in [6.07, 6.45) is 17.3. The van der Waals surface area contributed by atoms with Crippen molar-refractivity contribution in [1.82, 2.24) is 10.6 Å². The van der Waals surface area contributed by atoms with Crippen molar-refractivity contribution in [2.45, 2.75) is 116 Å². The van der Waals surface area contributed by atoms with Crippen LogP contribution in [-0.2, 0) is 19.2 Å². The van der Waals surface area contributed by atoms with E-state index in [1.807, 2.05) is 6.92 Å². The standard InChI is InChI=1S/C32H47N3O6/c1-6-8-9-26(29(38)39)34-28(37)20(3)33-27(36)19-41-35-22-12-15-30(4)21(18-22)10-11-23-24(30)13-16-31(5)25(23)14-17-32(31,40)7-2/h2,18,20,23-26,40H,6,8-17,19H2,1,3-5H3,(H,33,36)(H,34,37)(H,38,39)/b35-22+/t20-,23+,24-,25-,26-,30-,31-,32+/m0/s1. The lowest BCUT2D eigenvalue weighted by atomic mass is 9.46. The number of carbonyl (C=O) groups is 3. The fraction of sp³-hybridized carbons (Fsp3) is 0.750. The second kappa shape index (κ2) is 12.2. The largest absolute Gasteiger partial charge is 0.480 e. The molecule has 2 amide bonds. The molecule has 226 valence electrons. The number of amides is 2. The first-order valence-electron chi connectivity index (χ1n) is 15.3. The molecule has 9 nitrogen and oxygen atoms in total. The predicted octanol–water partition coefficient (Wildman–Crippen LogP) is 3.95. The number of fused-ring (bicyclic) bond motifs is 5. The number of carboxylic acids is 1. The van der Waals surface area contributed by atoms with E-state index in [-0.39, 0.29) is 17.4 Å². The molecule has 8 atom stereocenters. The van der Waals surface area contributed by atoms with E-state index in [4.69, 9.17) is 11.3 Å². The molecule has 0 aromatic carbocycles. The monoisotopic (exact) mass is 569 g/mol. The zero-order valence-corrected chi connectivity index (χ0v) is 25.0. The van der Waals surface area contributed by atoms with Crippen LogP contribution in [0.15, 0.2) is 16.8 Å². The maximum Gasteiger partial charge on any atom is 0.326 e. The van der Waals surface area contributed by atoms with Crippen molar-refractivity contribution in [3.05, 3.63) is 11.6 Å². The number of carboxylic acid groups (broad SMARTS) is 1. The first-order chi connectivity index (χ1) is 19.4. The van der Waals surface area contributed by atoms with Crippen LogP contribution < -0.4 is 10.6 Å². The highest BCUT2D eigenvalue weighted by atomic mass is 16.6. The summed E-state index contributed by atoms with van der Waals surface area (Å²) in [7, 11) is 0. The Labute approximate surface area is 243 Å². The lowest BCUT2D eigenvalue weighted by molar-refractivity contribution is -0.142. The molecule has 0 heterocycles. The van der Waals surface area contributed by atoms with E-state index in [2.05, 4.69) is 41.6 Å². The van der Waals surface area contributed by atoms with Crippen molar-refractivity contribution >= 4 is 23.5 Å². The smallest absolute Gasteiger partial charge is 0.326 e. The SMILES string of the molecule is C#C[C@@]1(O)CC[C@H]2[C@@H]3CCC4=C/C(=N/OCC(=O)N[C@@H](C)C(=O)N[C@@H](CCCC)C(=O)O)CC[C@]4(C)[C@H]3CC[C@@]21C. The number of oxime groups is 1. The quantitative estimate of drug-likeness (QED) is 0.232. The minimum atomic E-state index is -1.09. The van der Waals surface area contributed by atoms with Crippen LogP contribution in [0.2, 0.25) is 0 Å². The summed E-state index contributed by atoms with van der Waals surface area (Å²) in [6.45, 7) is 7.72. The van der Waals surface area contributed by atoms with Crippen molar-refractivity contribution in [3.8, 4) is 12.3 Å². The zero-order chi connectivity index (χ0) is 30.0. The van der Waals surface area contributed by atoms with Gasteiger partial charge in [0.15, 0.2) is 6.61 Å². The molecule has 0 radical (unpaired) electrons. The van der Waals surface area contributed by atoms with Crippen molar-refractivity contribution in [1.29, 1.82) is 0 Å². The number of unbranched alkanes of at least 4 members (excludes halogenated alkanes) is 1. The van der Waals surface area contributed by atoms with Crippen LogP contribution in [0.4, 0.5) is 0 Å². The molecule has 3 saturated carbocycles. The Hall–Kier alpha value is -2.86. The Morgan fingerprint density at radius 1 is 1.15 bits per heavy atom. The van der Waals surface area contributed by atoms with Gasteiger partial charge in [-0.2, -0.15) is 0 Å². The lowest BCUT2D eigenvalue weighted by Crippen LogP contribution is -2.54. The van der Waals surface area contributed by atoms with Gasteiger partial charge in [-0.05, 0) is 94.0 Å². The van der Waals surface area contributed by atoms with Crippen LogP contribution in [0.1, 0.15) is 98.3 Å². The molecule has 3 fully saturated rings. The number of hydrogen-bond donors (Lipinski definition) is 4. The molecule has 0 aromatic rings. The molecule has 41 heavy (non-hydrogen) atoms. The van der Waals surface area contributed by atoms with Crippen LogP contribution in [0.5, 0.6) is 0 Å². The Morgan fingerprint density at radius 2 is 1.88 bits per heavy atom. The number of aliphatic carboxylic acids is 1. The second-order valence-electron chi connectivity index (χ2n) is 13.2. The molecular formula is C32H47N3O6. The van der Waals surface area contributed by atoms with Crippen molar-refractivity contribution in [2.75, 3.05) is 6.61 Å². The average molecular weight is 570 g/mol. The molecule has 4 aliphatic rings. The second-order valence-corrected chi connectivity index (χ2v) is 13.2. The van der Waals surface area contributed by atoms with E-state index in [1.54, 1.807) is 0 Å². The highest BCUT2D eigenvalue weighted by molar-refractivity contribution is 5.96. The Kier molecular flexibility index (Phi) is 9.22. The molecule has 0 unspecified atom stereocenters. The van der Waals surface area contributed by atoms with E-state index < -0.39 is 35.5 Å². The molecule has 0 spiro atoms. The number of allylic oxidation sites excluding steroid dienone is 2. The number of nitrogens with one attached hydrogen (secondary N) is 2. The summed E-state index contributed by atoms with van der Waals surface area (Å²) in [5, 5.41) is 29.8. The topological polar surface area (TPSA) is 137 Å². The zero-order valence-electron chi connectivity index (χ0n) is 25.0. The van der Waals surface area contributed by atoms with Gasteiger partial charge in [-0.15, -0.1) is 6.42 Å². The molecule has 4 aliphatic carbocycles. The van der Waals surface area contributed by atoms with Gasteiger partial charge in [0.1, 0.15) is 17.7 Å². The van der Waals surface area contributed by atoms with E-state index in [0.29, 0.717) is 37.0 Å². The van der Waals surface area contributed by atoms with Gasteiger partial charge < -0.3 is 25.7 Å². The normalized spacial score (nSPS) is 36.4. The van der Waals surface area contributed by atoms with E-state index in [0.717, 1.165) is 57.1 Å². The summed E-state index contributed by atoms with van der Waals surface area (Å²) in [5.74, 6) is 2.19. The molecule has 0 aromatic heterocycles. The summed E-state index contributed by atoms with van der Waals surface area (Å²) < 4.78 is 0. The van der Waals surface area contributed by atoms with Crippen molar-refractivity contribution < 1.29 is 29.4 Å². The highest BCUT2D eigenvalue weighted by Crippen LogP contribution is 2.67. The van der Waals surface area contributed by atoms with Crippen molar-refractivity contribution in [3.63, 3.8) is 0 Å². The molecule has 4 N–H and O–H groups in total. The van der Waals surface area contributed by atoms with Gasteiger partial charge in [-0.1, -0.05) is 50.3 Å². The van der Waals surface area contributed by atoms with E-state index in [9.17, 15) is 24.6 Å². The Balaban J connectivity index is 1.31. The minimum absolute atomic E-state index is 0.0885. The first kappa shape index (κ1) is 31.1. The van der Waals surface area contributed by atoms with Gasteiger partial charge in [-0.25, -0.2) is 4.79 Å². The fourth-order valence-corrected chi connectivity index (χ4v) is 8.38. The van der Waals surface area contributed by atoms with Crippen LogP contribution in [-0.4, -0.2) is 58.0 Å². The third-order valence-electron chi connectivity index (χ3n) is 11.0. The highest BCUT2D eigenvalue weighted by Gasteiger charge is 2.63. The van der Waals surface area contributed by atoms with E-state index in [1.165, 1.54) is 12.5 Å². The maximum atomic E-state index is 12.4. The van der Waals surface area contributed by atoms with Gasteiger partial charge in [0.2, 0.25) is 5.91 Å². The van der Waals surface area contributed by atoms with Gasteiger partial charge in [-0.3, -0.25) is 9.59 Å². The molecule has 0 bridgehead atoms. The molecule has 0 saturated heterocycles. The predicted molar refractivity (Wildman–Crippen MR) is 156 cm³/mol. The van der Waals surface area contributed by atoms with Crippen molar-refractivity contribution in [2.24, 2.45) is 33.7 Å². The summed E-state index contributed by atoms with van der Waals surface area (Å²) in [6, 6.07) is -1.88. The third-order valence-corrected chi connectivity index (χ3v) is 11.0. The van der Waals surface area contributed by atoms with Crippen LogP contribution >= 0.6 is 0 Å². The molecule has 9 heteroatoms. The van der Waals surface area contributed by atoms with Crippen LogP contribution in [0.3, 0.4) is 0 Å². The maximum absolute atomic E-state index is 12.4. The number of hydrogen-bond acceptors (Lipinski definition) is 6. The third kappa shape index (κ3) is 5.90. The number of nitrogens with zero attached hydrogens (tertiary/aromatic N) is 1. The fourth-order valence-electron chi connectivity index (χ4n) is 8.38. The molecule has 0 aliphatic heterocycles. The number of terminal acetylenes is 1. The summed E-state index contributed by atoms with van der Waals surface area (Å²) >= 11 is 0. The average Bonchev–Trinajstić information content (AvgIpc) is 3.21. The lowest BCUT2D eigenvalue weighted by Gasteiger charge is -2.58. The van der Waals surface area contributed by atoms with Gasteiger partial charge >= 0.3 is 5.97 Å². The minimum Gasteiger partial charge on any atom is -0.480 e. The number of aliphatic hydroxyl groups is 1. The molecule has 4 rings (SSSR count). The summed E-state index contributed by atoms with van der Waals surface area (Å²) in [5.41, 5.74) is 1.10. The van der Waals surface area contributed by atoms with E-state index >= 15 is 0 Å². The number of carbonyl (C=O) groups excluding carboxylic acids is 2. The first-order valence-corrected chi connectivity index (χ1v) is 15.3. The van der Waals surface area contributed by atoms with Gasteiger partial charge in [0.05, 0.1) is 5.71 Å². The molecular weight excluding hydrogens is 522 g/mol.